The highest BCUT2D eigenvalue weighted by Crippen LogP contribution is 2.31. The molecular weight excluding hydrogens is 354 g/mol. The van der Waals surface area contributed by atoms with E-state index < -0.39 is 11.6 Å². The first-order valence-corrected chi connectivity index (χ1v) is 7.87. The minimum Gasteiger partial charge on any atom is -0.292 e. The number of nitrogens with zero attached hydrogens (tertiary/aromatic N) is 6. The molecule has 0 amide bonds. The van der Waals surface area contributed by atoms with Crippen molar-refractivity contribution in [3.63, 3.8) is 0 Å². The number of H-pyrrole nitrogens is 1. The predicted molar refractivity (Wildman–Crippen MR) is 92.8 cm³/mol. The third-order valence-corrected chi connectivity index (χ3v) is 3.67. The number of aromatic nitrogens is 7. The molecular formula is C17H12F2N8. The highest BCUT2D eigenvalue weighted by atomic mass is 19.1. The van der Waals surface area contributed by atoms with E-state index in [2.05, 4.69) is 40.7 Å². The summed E-state index contributed by atoms with van der Waals surface area (Å²) in [5.74, 6) is -0.248. The molecule has 0 atom stereocenters. The lowest BCUT2D eigenvalue weighted by Gasteiger charge is -2.10. The topological polar surface area (TPSA) is 105 Å². The van der Waals surface area contributed by atoms with Gasteiger partial charge in [0.05, 0.1) is 6.20 Å². The molecule has 0 aliphatic rings. The summed E-state index contributed by atoms with van der Waals surface area (Å²) < 4.78 is 28.6. The van der Waals surface area contributed by atoms with Crippen molar-refractivity contribution >= 4 is 11.9 Å². The average molecular weight is 366 g/mol. The van der Waals surface area contributed by atoms with E-state index in [4.69, 9.17) is 0 Å². The van der Waals surface area contributed by atoms with Gasteiger partial charge in [0.2, 0.25) is 11.9 Å². The summed E-state index contributed by atoms with van der Waals surface area (Å²) in [5, 5.41) is 17.4. The van der Waals surface area contributed by atoms with Crippen LogP contribution in [0.4, 0.5) is 20.7 Å². The summed E-state index contributed by atoms with van der Waals surface area (Å²) in [6.07, 6.45) is 2.46. The Bertz CT molecular complexity index is 1110. The number of rotatable bonds is 4. The number of aryl methyl sites for hydroxylation is 1. The molecule has 0 fully saturated rings. The highest BCUT2D eigenvalue weighted by molar-refractivity contribution is 5.78. The summed E-state index contributed by atoms with van der Waals surface area (Å²) in [7, 11) is 0. The molecule has 0 bridgehead atoms. The van der Waals surface area contributed by atoms with E-state index in [-0.39, 0.29) is 28.5 Å². The summed E-state index contributed by atoms with van der Waals surface area (Å²) in [4.78, 5) is 12.1. The maximum Gasteiger partial charge on any atom is 0.250 e. The van der Waals surface area contributed by atoms with Crippen LogP contribution in [0, 0.1) is 18.6 Å². The van der Waals surface area contributed by atoms with Gasteiger partial charge in [0.15, 0.2) is 5.82 Å². The Balaban J connectivity index is 1.86. The fraction of sp³-hybridized carbons (Fsp3) is 0.0588. The monoisotopic (exact) mass is 366 g/mol. The zero-order valence-electron chi connectivity index (χ0n) is 14.0. The van der Waals surface area contributed by atoms with Gasteiger partial charge >= 0.3 is 0 Å². The molecule has 3 aromatic heterocycles. The Morgan fingerprint density at radius 3 is 2.48 bits per heavy atom. The van der Waals surface area contributed by atoms with E-state index in [1.165, 1.54) is 24.4 Å². The molecule has 27 heavy (non-hydrogen) atoms. The SMILES string of the molecule is Cc1n[nH]c(Nc2nnc(-c3ccncc3F)c(-c3ccccc3F)n2)n1. The fourth-order valence-corrected chi connectivity index (χ4v) is 2.48. The second-order valence-electron chi connectivity index (χ2n) is 5.52. The molecule has 134 valence electrons. The molecule has 0 aliphatic carbocycles. The van der Waals surface area contributed by atoms with Crippen molar-refractivity contribution in [2.45, 2.75) is 6.92 Å². The fourth-order valence-electron chi connectivity index (χ4n) is 2.48. The van der Waals surface area contributed by atoms with Crippen molar-refractivity contribution in [2.75, 3.05) is 5.32 Å². The number of halogens is 2. The molecule has 10 heteroatoms. The highest BCUT2D eigenvalue weighted by Gasteiger charge is 2.19. The van der Waals surface area contributed by atoms with Gasteiger partial charge in [-0.1, -0.05) is 12.1 Å². The first-order valence-electron chi connectivity index (χ1n) is 7.87. The van der Waals surface area contributed by atoms with Gasteiger partial charge in [-0.2, -0.15) is 10.1 Å². The van der Waals surface area contributed by atoms with Crippen LogP contribution < -0.4 is 5.32 Å². The number of aromatic amines is 1. The van der Waals surface area contributed by atoms with Crippen LogP contribution in [0.3, 0.4) is 0 Å². The molecule has 4 aromatic rings. The summed E-state index contributed by atoms with van der Waals surface area (Å²) in [6, 6.07) is 7.45. The van der Waals surface area contributed by atoms with E-state index in [1.807, 2.05) is 0 Å². The Hall–Kier alpha value is -3.82. The van der Waals surface area contributed by atoms with Gasteiger partial charge in [0.1, 0.15) is 23.0 Å². The lowest BCUT2D eigenvalue weighted by Crippen LogP contribution is -2.05. The number of hydrogen-bond donors (Lipinski definition) is 2. The van der Waals surface area contributed by atoms with E-state index in [0.29, 0.717) is 11.8 Å². The van der Waals surface area contributed by atoms with E-state index >= 15 is 0 Å². The second kappa shape index (κ2) is 6.83. The normalized spacial score (nSPS) is 10.8. The van der Waals surface area contributed by atoms with Gasteiger partial charge in [-0.3, -0.25) is 10.3 Å². The largest absolute Gasteiger partial charge is 0.292 e. The summed E-state index contributed by atoms with van der Waals surface area (Å²) in [5.41, 5.74) is 0.506. The van der Waals surface area contributed by atoms with Crippen LogP contribution in [0.15, 0.2) is 42.7 Å². The standard InChI is InChI=1S/C17H12F2N8/c1-9-21-16(26-24-9)23-17-22-14(10-4-2-3-5-12(10)18)15(25-27-17)11-6-7-20-8-13(11)19/h2-8H,1H3,(H2,21,22,23,24,26,27). The molecule has 1 aromatic carbocycles. The van der Waals surface area contributed by atoms with Crippen LogP contribution in [0.25, 0.3) is 22.5 Å². The number of pyridine rings is 1. The predicted octanol–water partition coefficient (Wildman–Crippen LogP) is 3.05. The molecule has 0 saturated carbocycles. The number of benzene rings is 1. The Labute approximate surface area is 151 Å². The van der Waals surface area contributed by atoms with Crippen LogP contribution in [-0.4, -0.2) is 35.3 Å². The van der Waals surface area contributed by atoms with Crippen molar-refractivity contribution < 1.29 is 8.78 Å². The first kappa shape index (κ1) is 16.6. The lowest BCUT2D eigenvalue weighted by atomic mass is 10.0. The zero-order chi connectivity index (χ0) is 18.8. The average Bonchev–Trinajstić information content (AvgIpc) is 3.07. The van der Waals surface area contributed by atoms with Crippen molar-refractivity contribution in [3.8, 4) is 22.5 Å². The quantitative estimate of drug-likeness (QED) is 0.572. The van der Waals surface area contributed by atoms with E-state index in [0.717, 1.165) is 6.20 Å². The minimum absolute atomic E-state index is 0.0580. The molecule has 0 spiro atoms. The zero-order valence-corrected chi connectivity index (χ0v) is 14.0. The minimum atomic E-state index is -0.613. The molecule has 2 N–H and O–H groups in total. The van der Waals surface area contributed by atoms with Crippen LogP contribution in [0.5, 0.6) is 0 Å². The third kappa shape index (κ3) is 3.32. The Kier molecular flexibility index (Phi) is 4.21. The Morgan fingerprint density at radius 2 is 1.74 bits per heavy atom. The first-order chi connectivity index (χ1) is 13.1. The van der Waals surface area contributed by atoms with Crippen LogP contribution in [-0.2, 0) is 0 Å². The number of hydrogen-bond acceptors (Lipinski definition) is 7. The molecule has 0 radical (unpaired) electrons. The van der Waals surface area contributed by atoms with Gasteiger partial charge in [-0.05, 0) is 25.1 Å². The lowest BCUT2D eigenvalue weighted by molar-refractivity contribution is 0.623. The van der Waals surface area contributed by atoms with E-state index in [1.54, 1.807) is 19.1 Å². The molecule has 0 unspecified atom stereocenters. The van der Waals surface area contributed by atoms with Gasteiger partial charge in [-0.25, -0.2) is 18.9 Å². The summed E-state index contributed by atoms with van der Waals surface area (Å²) in [6.45, 7) is 1.71. The molecule has 3 heterocycles. The van der Waals surface area contributed by atoms with Crippen LogP contribution in [0.1, 0.15) is 5.82 Å². The van der Waals surface area contributed by atoms with Crippen molar-refractivity contribution in [2.24, 2.45) is 0 Å². The smallest absolute Gasteiger partial charge is 0.250 e. The summed E-state index contributed by atoms with van der Waals surface area (Å²) >= 11 is 0. The van der Waals surface area contributed by atoms with Crippen LogP contribution >= 0.6 is 0 Å². The third-order valence-electron chi connectivity index (χ3n) is 3.67. The van der Waals surface area contributed by atoms with Gasteiger partial charge in [0.25, 0.3) is 0 Å². The maximum absolute atomic E-state index is 14.4. The second-order valence-corrected chi connectivity index (χ2v) is 5.52. The molecule has 8 nitrogen and oxygen atoms in total. The molecule has 4 rings (SSSR count). The van der Waals surface area contributed by atoms with Crippen molar-refractivity contribution in [1.29, 1.82) is 0 Å². The van der Waals surface area contributed by atoms with Gasteiger partial charge in [-0.15, -0.1) is 10.2 Å². The van der Waals surface area contributed by atoms with Gasteiger partial charge < -0.3 is 0 Å². The molecule has 0 aliphatic heterocycles. The Morgan fingerprint density at radius 1 is 0.926 bits per heavy atom. The van der Waals surface area contributed by atoms with E-state index in [9.17, 15) is 8.78 Å². The van der Waals surface area contributed by atoms with Gasteiger partial charge in [0, 0.05) is 17.3 Å². The van der Waals surface area contributed by atoms with Crippen molar-refractivity contribution in [1.82, 2.24) is 35.3 Å². The van der Waals surface area contributed by atoms with Crippen molar-refractivity contribution in [3.05, 3.63) is 60.2 Å². The number of nitrogens with one attached hydrogen (secondary N) is 2. The maximum atomic E-state index is 14.4. The number of anilines is 2. The van der Waals surface area contributed by atoms with Crippen LogP contribution in [0.2, 0.25) is 0 Å². The molecule has 0 saturated heterocycles.